The molecule has 0 aromatic carbocycles. The van der Waals surface area contributed by atoms with Crippen LogP contribution in [0.3, 0.4) is 0 Å². The molecule has 1 atom stereocenters. The summed E-state index contributed by atoms with van der Waals surface area (Å²) in [5.74, 6) is 0.517. The summed E-state index contributed by atoms with van der Waals surface area (Å²) in [5, 5.41) is 11.2. The Morgan fingerprint density at radius 1 is 1.32 bits per heavy atom. The van der Waals surface area contributed by atoms with Crippen LogP contribution in [0, 0.1) is 6.92 Å². The van der Waals surface area contributed by atoms with Crippen molar-refractivity contribution in [2.24, 2.45) is 0 Å². The molecule has 1 unspecified atom stereocenters. The van der Waals surface area contributed by atoms with Crippen molar-refractivity contribution in [2.75, 3.05) is 0 Å². The van der Waals surface area contributed by atoms with E-state index >= 15 is 0 Å². The standard InChI is InChI=1S/C11H11NO2.C4H9.Li/c1-8-4-2-5-9(12-8)11(13)10-6-3-7-14-10;1-3-4-2;/h2-7,11,13H,1H3;1,3-4H2,2H3;. The van der Waals surface area contributed by atoms with Gasteiger partial charge in [-0.2, -0.15) is 0 Å². The van der Waals surface area contributed by atoms with Gasteiger partial charge in [0.1, 0.15) is 5.76 Å². The van der Waals surface area contributed by atoms with Gasteiger partial charge >= 0.3 is 42.6 Å². The Hall–Kier alpha value is -1.01. The van der Waals surface area contributed by atoms with Crippen molar-refractivity contribution in [2.45, 2.75) is 37.9 Å². The second-order valence-electron chi connectivity index (χ2n) is 4.48. The van der Waals surface area contributed by atoms with Gasteiger partial charge in [-0.25, -0.2) is 0 Å². The monoisotopic (exact) mass is 253 g/mol. The number of aliphatic hydroxyl groups excluding tert-OH is 1. The van der Waals surface area contributed by atoms with Crippen LogP contribution < -0.4 is 0 Å². The quantitative estimate of drug-likeness (QED) is 0.849. The van der Waals surface area contributed by atoms with E-state index in [-0.39, 0.29) is 0 Å². The molecule has 0 bridgehead atoms. The summed E-state index contributed by atoms with van der Waals surface area (Å²) in [6.45, 7) is 4.10. The normalized spacial score (nSPS) is 11.6. The molecule has 0 aliphatic carbocycles. The van der Waals surface area contributed by atoms with Gasteiger partial charge < -0.3 is 9.52 Å². The SMILES string of the molecule is Cc1cccc(C(O)c2ccco2)n1.[Li][CH2]CCC. The van der Waals surface area contributed by atoms with Crippen LogP contribution >= 0.6 is 0 Å². The third-order valence-corrected chi connectivity index (χ3v) is 2.71. The van der Waals surface area contributed by atoms with Crippen molar-refractivity contribution in [3.8, 4) is 0 Å². The van der Waals surface area contributed by atoms with Crippen LogP contribution in [0.25, 0.3) is 0 Å². The first-order valence-corrected chi connectivity index (χ1v) is 6.84. The van der Waals surface area contributed by atoms with Crippen LogP contribution in [0.2, 0.25) is 5.09 Å². The number of hydrogen-bond acceptors (Lipinski definition) is 3. The van der Waals surface area contributed by atoms with Gasteiger partial charge in [-0.3, -0.25) is 4.98 Å². The molecular weight excluding hydrogens is 233 g/mol. The van der Waals surface area contributed by atoms with Crippen LogP contribution in [-0.4, -0.2) is 27.8 Å². The molecule has 2 rings (SSSR count). The zero-order chi connectivity index (χ0) is 14.1. The molecule has 98 valence electrons. The van der Waals surface area contributed by atoms with Gasteiger partial charge in [0.25, 0.3) is 0 Å². The molecule has 0 saturated carbocycles. The molecule has 0 saturated heterocycles. The number of aromatic nitrogens is 1. The minimum absolute atomic E-state index is 0.517. The van der Waals surface area contributed by atoms with Crippen molar-refractivity contribution >= 4 is 17.7 Å². The third kappa shape index (κ3) is 5.65. The molecule has 0 radical (unpaired) electrons. The zero-order valence-electron chi connectivity index (χ0n) is 12.0. The molecule has 2 aromatic heterocycles. The molecule has 3 nitrogen and oxygen atoms in total. The van der Waals surface area contributed by atoms with Gasteiger partial charge in [0, 0.05) is 5.69 Å². The van der Waals surface area contributed by atoms with E-state index in [1.165, 1.54) is 24.2 Å². The van der Waals surface area contributed by atoms with Gasteiger partial charge in [0.15, 0.2) is 6.10 Å². The van der Waals surface area contributed by atoms with Gasteiger partial charge in [-0.15, -0.1) is 0 Å². The summed E-state index contributed by atoms with van der Waals surface area (Å²) >= 11 is 2.21. The van der Waals surface area contributed by atoms with E-state index in [2.05, 4.69) is 29.6 Å². The second kappa shape index (κ2) is 8.98. The Morgan fingerprint density at radius 3 is 2.58 bits per heavy atom. The molecule has 0 aliphatic heterocycles. The summed E-state index contributed by atoms with van der Waals surface area (Å²) in [5.41, 5.74) is 1.49. The number of aryl methyl sites for hydroxylation is 1. The summed E-state index contributed by atoms with van der Waals surface area (Å²) in [7, 11) is 0. The maximum absolute atomic E-state index is 9.85. The van der Waals surface area contributed by atoms with E-state index < -0.39 is 6.10 Å². The number of aliphatic hydroxyl groups is 1. The summed E-state index contributed by atoms with van der Waals surface area (Å²) in [6, 6.07) is 9.01. The van der Waals surface area contributed by atoms with Crippen LogP contribution in [0.4, 0.5) is 0 Å². The van der Waals surface area contributed by atoms with Crippen molar-refractivity contribution in [3.05, 3.63) is 53.7 Å². The molecule has 1 N–H and O–H groups in total. The molecule has 0 amide bonds. The van der Waals surface area contributed by atoms with Crippen LogP contribution in [0.5, 0.6) is 0 Å². The van der Waals surface area contributed by atoms with E-state index in [0.717, 1.165) is 5.69 Å². The molecule has 2 aromatic rings. The molecule has 2 heterocycles. The Bertz CT molecular complexity index is 455. The van der Waals surface area contributed by atoms with E-state index in [9.17, 15) is 5.11 Å². The summed E-state index contributed by atoms with van der Waals surface area (Å²) < 4.78 is 5.10. The first-order chi connectivity index (χ1) is 9.19. The first kappa shape index (κ1) is 16.0. The fourth-order valence-corrected chi connectivity index (χ4v) is 1.66. The van der Waals surface area contributed by atoms with Crippen LogP contribution in [0.15, 0.2) is 41.0 Å². The second-order valence-corrected chi connectivity index (χ2v) is 4.48. The Labute approximate surface area is 124 Å². The van der Waals surface area contributed by atoms with Crippen molar-refractivity contribution in [1.29, 1.82) is 0 Å². The van der Waals surface area contributed by atoms with E-state index in [1.807, 2.05) is 19.1 Å². The summed E-state index contributed by atoms with van der Waals surface area (Å²) in [4.78, 5) is 4.22. The molecule has 0 aliphatic rings. The Balaban J connectivity index is 0.000000312. The van der Waals surface area contributed by atoms with Crippen LogP contribution in [-0.2, 0) is 0 Å². The first-order valence-electron chi connectivity index (χ1n) is 6.84. The van der Waals surface area contributed by atoms with Crippen molar-refractivity contribution < 1.29 is 9.52 Å². The number of rotatable bonds is 4. The average Bonchev–Trinajstić information content (AvgIpc) is 2.93. The van der Waals surface area contributed by atoms with Gasteiger partial charge in [-0.05, 0) is 31.2 Å². The molecular formula is C15H20LiNO2. The predicted molar refractivity (Wildman–Crippen MR) is 77.2 cm³/mol. The van der Waals surface area contributed by atoms with Gasteiger partial charge in [0.05, 0.1) is 12.0 Å². The topological polar surface area (TPSA) is 46.3 Å². The number of nitrogens with zero attached hydrogens (tertiary/aromatic N) is 1. The number of hydrogen-bond donors (Lipinski definition) is 1. The minimum atomic E-state index is -0.773. The summed E-state index contributed by atoms with van der Waals surface area (Å²) in [6.07, 6.45) is 3.50. The van der Waals surface area contributed by atoms with Crippen molar-refractivity contribution in [3.63, 3.8) is 0 Å². The predicted octanol–water partition coefficient (Wildman–Crippen LogP) is 3.44. The molecule has 19 heavy (non-hydrogen) atoms. The number of pyridine rings is 1. The average molecular weight is 253 g/mol. The Morgan fingerprint density at radius 2 is 2.11 bits per heavy atom. The van der Waals surface area contributed by atoms with Crippen molar-refractivity contribution in [1.82, 2.24) is 4.98 Å². The molecule has 4 heteroatoms. The number of unbranched alkanes of at least 4 members (excludes halogenated alkanes) is 1. The zero-order valence-corrected chi connectivity index (χ0v) is 12.0. The Kier molecular flexibility index (Phi) is 7.58. The molecule has 0 spiro atoms. The van der Waals surface area contributed by atoms with E-state index in [0.29, 0.717) is 11.5 Å². The van der Waals surface area contributed by atoms with Crippen LogP contribution in [0.1, 0.15) is 43.0 Å². The third-order valence-electron chi connectivity index (χ3n) is 2.71. The van der Waals surface area contributed by atoms with Gasteiger partial charge in [-0.1, -0.05) is 6.07 Å². The molecule has 0 fully saturated rings. The van der Waals surface area contributed by atoms with E-state index in [1.54, 1.807) is 18.2 Å². The number of furan rings is 1. The fourth-order valence-electron chi connectivity index (χ4n) is 1.66. The van der Waals surface area contributed by atoms with E-state index in [4.69, 9.17) is 4.42 Å². The van der Waals surface area contributed by atoms with Gasteiger partial charge in [0.2, 0.25) is 0 Å². The maximum atomic E-state index is 9.85. The fraction of sp³-hybridized carbons (Fsp3) is 0.400.